The summed E-state index contributed by atoms with van der Waals surface area (Å²) in [4.78, 5) is 11.0. The molecule has 0 fully saturated rings. The van der Waals surface area contributed by atoms with Crippen LogP contribution in [0.1, 0.15) is 15.9 Å². The first-order valence-corrected chi connectivity index (χ1v) is 7.16. The Labute approximate surface area is 129 Å². The van der Waals surface area contributed by atoms with E-state index >= 15 is 0 Å². The molecule has 0 saturated carbocycles. The monoisotopic (exact) mass is 346 g/mol. The summed E-state index contributed by atoms with van der Waals surface area (Å²) in [5.41, 5.74) is 6.85. The van der Waals surface area contributed by atoms with Crippen molar-refractivity contribution in [2.24, 2.45) is 5.73 Å². The Kier molecular flexibility index (Phi) is 3.51. The third kappa shape index (κ3) is 2.69. The summed E-state index contributed by atoms with van der Waals surface area (Å²) in [7, 11) is 0. The summed E-state index contributed by atoms with van der Waals surface area (Å²) in [6.45, 7) is 0.394. The lowest BCUT2D eigenvalue weighted by atomic mass is 10.1. The quantitative estimate of drug-likeness (QED) is 0.772. The number of nitrogens with two attached hydrogens (primary N) is 1. The molecule has 3 rings (SSSR count). The fourth-order valence-electron chi connectivity index (χ4n) is 2.31. The van der Waals surface area contributed by atoms with Gasteiger partial charge >= 0.3 is 0 Å². The molecule has 106 valence electrons. The van der Waals surface area contributed by atoms with Crippen molar-refractivity contribution >= 4 is 32.7 Å². The van der Waals surface area contributed by atoms with Gasteiger partial charge in [0, 0.05) is 27.3 Å². The highest BCUT2D eigenvalue weighted by Crippen LogP contribution is 2.22. The molecule has 0 aliphatic carbocycles. The number of fused-ring (bicyclic) bond motifs is 1. The summed E-state index contributed by atoms with van der Waals surface area (Å²) >= 11 is 3.44. The van der Waals surface area contributed by atoms with Crippen molar-refractivity contribution in [1.82, 2.24) is 4.57 Å². The van der Waals surface area contributed by atoms with E-state index < -0.39 is 11.7 Å². The van der Waals surface area contributed by atoms with Crippen LogP contribution in [0.15, 0.2) is 53.1 Å². The minimum absolute atomic E-state index is 0.177. The number of primary amides is 1. The Morgan fingerprint density at radius 1 is 1.19 bits per heavy atom. The Hall–Kier alpha value is -2.14. The molecule has 5 heteroatoms. The van der Waals surface area contributed by atoms with Crippen LogP contribution in [0.25, 0.3) is 10.9 Å². The molecule has 2 N–H and O–H groups in total. The number of hydrogen-bond donors (Lipinski definition) is 1. The van der Waals surface area contributed by atoms with Gasteiger partial charge in [-0.3, -0.25) is 4.79 Å². The number of carbonyl (C=O) groups is 1. The molecule has 3 aromatic rings. The van der Waals surface area contributed by atoms with Crippen LogP contribution in [-0.4, -0.2) is 10.5 Å². The van der Waals surface area contributed by atoms with Gasteiger partial charge in [-0.15, -0.1) is 0 Å². The predicted molar refractivity (Wildman–Crippen MR) is 83.7 cm³/mol. The second-order valence-corrected chi connectivity index (χ2v) is 5.73. The zero-order valence-electron chi connectivity index (χ0n) is 11.0. The molecular weight excluding hydrogens is 335 g/mol. The van der Waals surface area contributed by atoms with Crippen molar-refractivity contribution < 1.29 is 9.18 Å². The van der Waals surface area contributed by atoms with Gasteiger partial charge in [-0.2, -0.15) is 0 Å². The van der Waals surface area contributed by atoms with E-state index in [0.29, 0.717) is 12.1 Å². The van der Waals surface area contributed by atoms with Gasteiger partial charge in [0.25, 0.3) is 0 Å². The molecule has 0 saturated heterocycles. The van der Waals surface area contributed by atoms with Crippen molar-refractivity contribution in [2.75, 3.05) is 0 Å². The van der Waals surface area contributed by atoms with Gasteiger partial charge in [0.05, 0.1) is 6.54 Å². The van der Waals surface area contributed by atoms with E-state index in [4.69, 9.17) is 5.73 Å². The van der Waals surface area contributed by atoms with E-state index in [1.807, 2.05) is 35.0 Å². The van der Waals surface area contributed by atoms with Crippen LogP contribution in [0.2, 0.25) is 0 Å². The molecule has 0 unspecified atom stereocenters. The number of rotatable bonds is 3. The van der Waals surface area contributed by atoms with Crippen molar-refractivity contribution in [3.63, 3.8) is 0 Å². The highest BCUT2D eigenvalue weighted by atomic mass is 79.9. The largest absolute Gasteiger partial charge is 0.366 e. The SMILES string of the molecule is NC(=O)c1ccc(Cn2ccc3ccc(Br)cc32)c(F)c1. The van der Waals surface area contributed by atoms with Crippen molar-refractivity contribution in [3.8, 4) is 0 Å². The number of hydrogen-bond acceptors (Lipinski definition) is 1. The Morgan fingerprint density at radius 2 is 2.00 bits per heavy atom. The lowest BCUT2D eigenvalue weighted by molar-refractivity contribution is 0.1000. The van der Waals surface area contributed by atoms with Gasteiger partial charge in [0.1, 0.15) is 5.82 Å². The minimum atomic E-state index is -0.629. The zero-order chi connectivity index (χ0) is 15.0. The lowest BCUT2D eigenvalue weighted by Crippen LogP contribution is -2.12. The molecule has 0 aliphatic rings. The Bertz CT molecular complexity index is 841. The Morgan fingerprint density at radius 3 is 2.71 bits per heavy atom. The van der Waals surface area contributed by atoms with Crippen LogP contribution in [0, 0.1) is 5.82 Å². The molecule has 1 amide bonds. The summed E-state index contributed by atoms with van der Waals surface area (Å²) in [6.07, 6.45) is 1.92. The van der Waals surface area contributed by atoms with E-state index in [0.717, 1.165) is 15.4 Å². The van der Waals surface area contributed by atoms with Gasteiger partial charge in [-0.25, -0.2) is 4.39 Å². The molecule has 0 spiro atoms. The lowest BCUT2D eigenvalue weighted by Gasteiger charge is -2.08. The smallest absolute Gasteiger partial charge is 0.248 e. The van der Waals surface area contributed by atoms with E-state index in [2.05, 4.69) is 15.9 Å². The molecule has 21 heavy (non-hydrogen) atoms. The number of nitrogens with zero attached hydrogens (tertiary/aromatic N) is 1. The number of carbonyl (C=O) groups excluding carboxylic acids is 1. The maximum absolute atomic E-state index is 14.1. The van der Waals surface area contributed by atoms with Crippen molar-refractivity contribution in [3.05, 3.63) is 70.1 Å². The highest BCUT2D eigenvalue weighted by molar-refractivity contribution is 9.10. The molecule has 0 bridgehead atoms. The molecule has 1 heterocycles. The van der Waals surface area contributed by atoms with Crippen LogP contribution in [0.4, 0.5) is 4.39 Å². The molecule has 3 nitrogen and oxygen atoms in total. The van der Waals surface area contributed by atoms with Gasteiger partial charge in [0.2, 0.25) is 5.91 Å². The molecule has 0 aliphatic heterocycles. The van der Waals surface area contributed by atoms with E-state index in [-0.39, 0.29) is 5.56 Å². The second kappa shape index (κ2) is 5.33. The van der Waals surface area contributed by atoms with Crippen LogP contribution in [0.5, 0.6) is 0 Å². The van der Waals surface area contributed by atoms with Gasteiger partial charge in [-0.05, 0) is 35.7 Å². The number of aromatic nitrogens is 1. The van der Waals surface area contributed by atoms with Crippen molar-refractivity contribution in [1.29, 1.82) is 0 Å². The summed E-state index contributed by atoms with van der Waals surface area (Å²) < 4.78 is 17.0. The van der Waals surface area contributed by atoms with E-state index in [1.165, 1.54) is 6.07 Å². The summed E-state index contributed by atoms with van der Waals surface area (Å²) in [5, 5.41) is 1.09. The van der Waals surface area contributed by atoms with Crippen molar-refractivity contribution in [2.45, 2.75) is 6.54 Å². The number of halogens is 2. The molecule has 2 aromatic carbocycles. The Balaban J connectivity index is 1.99. The van der Waals surface area contributed by atoms with Gasteiger partial charge in [-0.1, -0.05) is 28.1 Å². The third-order valence-electron chi connectivity index (χ3n) is 3.41. The fourth-order valence-corrected chi connectivity index (χ4v) is 2.66. The fraction of sp³-hybridized carbons (Fsp3) is 0.0625. The third-order valence-corrected chi connectivity index (χ3v) is 3.91. The van der Waals surface area contributed by atoms with Crippen LogP contribution in [0.3, 0.4) is 0 Å². The predicted octanol–water partition coefficient (Wildman–Crippen LogP) is 3.69. The average molecular weight is 347 g/mol. The molecule has 1 aromatic heterocycles. The van der Waals surface area contributed by atoms with Gasteiger partial charge < -0.3 is 10.3 Å². The maximum atomic E-state index is 14.1. The first-order valence-electron chi connectivity index (χ1n) is 6.37. The number of amides is 1. The van der Waals surface area contributed by atoms with Gasteiger partial charge in [0.15, 0.2) is 0 Å². The molecular formula is C16H12BrFN2O. The van der Waals surface area contributed by atoms with E-state index in [1.54, 1.807) is 12.1 Å². The summed E-state index contributed by atoms with van der Waals surface area (Å²) in [5.74, 6) is -1.06. The molecule has 0 atom stereocenters. The van der Waals surface area contributed by atoms with Crippen LogP contribution >= 0.6 is 15.9 Å². The first kappa shape index (κ1) is 13.8. The summed E-state index contributed by atoms with van der Waals surface area (Å²) in [6, 6.07) is 12.3. The van der Waals surface area contributed by atoms with E-state index in [9.17, 15) is 9.18 Å². The minimum Gasteiger partial charge on any atom is -0.366 e. The first-order chi connectivity index (χ1) is 10.0. The maximum Gasteiger partial charge on any atom is 0.248 e. The second-order valence-electron chi connectivity index (χ2n) is 4.82. The van der Waals surface area contributed by atoms with Crippen LogP contribution in [-0.2, 0) is 6.54 Å². The van der Waals surface area contributed by atoms with Crippen LogP contribution < -0.4 is 5.73 Å². The zero-order valence-corrected chi connectivity index (χ0v) is 12.6. The number of benzene rings is 2. The standard InChI is InChI=1S/C16H12BrFN2O/c17-13-4-3-10-5-6-20(15(10)8-13)9-12-2-1-11(16(19)21)7-14(12)18/h1-8H,9H2,(H2,19,21). The highest BCUT2D eigenvalue weighted by Gasteiger charge is 2.09. The average Bonchev–Trinajstić information content (AvgIpc) is 2.83. The topological polar surface area (TPSA) is 48.0 Å². The molecule has 0 radical (unpaired) electrons. The normalized spacial score (nSPS) is 11.0.